The molecule has 1 heterocycles. The first-order valence-electron chi connectivity index (χ1n) is 10.3. The second-order valence-corrected chi connectivity index (χ2v) is 9.22. The summed E-state index contributed by atoms with van der Waals surface area (Å²) in [5.41, 5.74) is 3.42. The van der Waals surface area contributed by atoms with Gasteiger partial charge in [-0.25, -0.2) is 9.97 Å². The number of carbonyl (C=O) groups is 2. The summed E-state index contributed by atoms with van der Waals surface area (Å²) >= 11 is 9.53. The van der Waals surface area contributed by atoms with Crippen molar-refractivity contribution in [3.05, 3.63) is 77.6 Å². The van der Waals surface area contributed by atoms with Crippen molar-refractivity contribution in [3.8, 4) is 16.9 Å². The zero-order chi connectivity index (χ0) is 24.2. The van der Waals surface area contributed by atoms with Crippen LogP contribution in [0.2, 0.25) is 5.02 Å². The second kappa shape index (κ2) is 10.2. The Morgan fingerprint density at radius 3 is 2.53 bits per heavy atom. The van der Waals surface area contributed by atoms with E-state index in [-0.39, 0.29) is 15.8 Å². The number of methoxy groups -OCH3 is 1. The molecule has 0 aliphatic carbocycles. The van der Waals surface area contributed by atoms with Crippen LogP contribution in [-0.2, 0) is 4.79 Å². The zero-order valence-electron chi connectivity index (χ0n) is 18.3. The molecule has 2 N–H and O–H groups in total. The molecule has 0 radical (unpaired) electrons. The second-order valence-electron chi connectivity index (χ2n) is 7.44. The molecule has 4 rings (SSSR count). The van der Waals surface area contributed by atoms with E-state index in [1.54, 1.807) is 25.1 Å². The van der Waals surface area contributed by atoms with Gasteiger partial charge in [-0.05, 0) is 60.5 Å². The maximum Gasteiger partial charge on any atom is 0.258 e. The number of ether oxygens (including phenoxy) is 1. The van der Waals surface area contributed by atoms with Crippen molar-refractivity contribution in [2.75, 3.05) is 17.7 Å². The summed E-state index contributed by atoms with van der Waals surface area (Å²) in [5.74, 6) is 0.391. The van der Waals surface area contributed by atoms with Crippen LogP contribution in [0.5, 0.6) is 5.75 Å². The van der Waals surface area contributed by atoms with Crippen LogP contribution in [0.1, 0.15) is 17.3 Å². The number of alkyl halides is 1. The van der Waals surface area contributed by atoms with E-state index in [1.807, 2.05) is 42.5 Å². The molecule has 0 aliphatic rings. The maximum absolute atomic E-state index is 12.9. The molecule has 0 fully saturated rings. The zero-order valence-corrected chi connectivity index (χ0v) is 20.6. The molecule has 1 unspecified atom stereocenters. The van der Waals surface area contributed by atoms with E-state index in [2.05, 4.69) is 36.5 Å². The number of rotatable bonds is 6. The van der Waals surface area contributed by atoms with Gasteiger partial charge < -0.3 is 15.4 Å². The molecule has 172 valence electrons. The molecular formula is C25H20BrClN4O3. The van der Waals surface area contributed by atoms with Gasteiger partial charge in [-0.1, -0.05) is 45.7 Å². The van der Waals surface area contributed by atoms with Gasteiger partial charge in [0.2, 0.25) is 5.91 Å². The van der Waals surface area contributed by atoms with Crippen LogP contribution in [0.15, 0.2) is 67.0 Å². The lowest BCUT2D eigenvalue weighted by Crippen LogP contribution is -2.19. The number of anilines is 2. The molecule has 4 aromatic rings. The van der Waals surface area contributed by atoms with Gasteiger partial charge in [0.05, 0.1) is 28.0 Å². The first-order valence-corrected chi connectivity index (χ1v) is 11.6. The SMILES string of the molecule is COc1ccc(C(=O)Nc2ncnc3ccc(-c4cccc(NC(=O)C(C)Br)c4)cc23)c(Cl)c1. The van der Waals surface area contributed by atoms with E-state index in [1.165, 1.54) is 13.4 Å². The molecule has 7 nitrogen and oxygen atoms in total. The lowest BCUT2D eigenvalue weighted by atomic mass is 10.0. The molecule has 0 saturated heterocycles. The highest BCUT2D eigenvalue weighted by atomic mass is 79.9. The third-order valence-electron chi connectivity index (χ3n) is 5.11. The number of fused-ring (bicyclic) bond motifs is 1. The third-order valence-corrected chi connectivity index (χ3v) is 5.84. The Morgan fingerprint density at radius 2 is 1.79 bits per heavy atom. The molecule has 1 atom stereocenters. The predicted molar refractivity (Wildman–Crippen MR) is 138 cm³/mol. The van der Waals surface area contributed by atoms with Crippen LogP contribution in [-0.4, -0.2) is 33.7 Å². The van der Waals surface area contributed by atoms with Gasteiger partial charge in [0, 0.05) is 11.1 Å². The van der Waals surface area contributed by atoms with Crippen molar-refractivity contribution in [3.63, 3.8) is 0 Å². The van der Waals surface area contributed by atoms with Crippen molar-refractivity contribution in [2.24, 2.45) is 0 Å². The number of hydrogen-bond acceptors (Lipinski definition) is 5. The summed E-state index contributed by atoms with van der Waals surface area (Å²) in [7, 11) is 1.53. The van der Waals surface area contributed by atoms with Crippen molar-refractivity contribution in [1.82, 2.24) is 9.97 Å². The minimum absolute atomic E-state index is 0.133. The number of benzene rings is 3. The minimum atomic E-state index is -0.397. The number of halogens is 2. The van der Waals surface area contributed by atoms with Crippen LogP contribution >= 0.6 is 27.5 Å². The Labute approximate surface area is 209 Å². The van der Waals surface area contributed by atoms with Crippen molar-refractivity contribution >= 4 is 61.8 Å². The predicted octanol–water partition coefficient (Wildman–Crippen LogP) is 5.93. The van der Waals surface area contributed by atoms with Gasteiger partial charge in [-0.2, -0.15) is 0 Å². The highest BCUT2D eigenvalue weighted by Gasteiger charge is 2.15. The first-order chi connectivity index (χ1) is 16.4. The third kappa shape index (κ3) is 5.18. The minimum Gasteiger partial charge on any atom is -0.497 e. The molecule has 2 amide bonds. The molecule has 0 aliphatic heterocycles. The molecular weight excluding hydrogens is 520 g/mol. The summed E-state index contributed by atoms with van der Waals surface area (Å²) in [4.78, 5) is 33.2. The van der Waals surface area contributed by atoms with Crippen molar-refractivity contribution < 1.29 is 14.3 Å². The van der Waals surface area contributed by atoms with E-state index in [0.29, 0.717) is 33.7 Å². The summed E-state index contributed by atoms with van der Waals surface area (Å²) < 4.78 is 5.14. The topological polar surface area (TPSA) is 93.2 Å². The Hall–Kier alpha value is -3.49. The monoisotopic (exact) mass is 538 g/mol. The van der Waals surface area contributed by atoms with E-state index in [9.17, 15) is 9.59 Å². The molecule has 34 heavy (non-hydrogen) atoms. The van der Waals surface area contributed by atoms with Crippen LogP contribution in [0.3, 0.4) is 0 Å². The molecule has 1 aromatic heterocycles. The van der Waals surface area contributed by atoms with Crippen LogP contribution in [0.25, 0.3) is 22.0 Å². The fourth-order valence-electron chi connectivity index (χ4n) is 3.34. The largest absolute Gasteiger partial charge is 0.497 e. The fourth-order valence-corrected chi connectivity index (χ4v) is 3.71. The normalized spacial score (nSPS) is 11.6. The summed E-state index contributed by atoms with van der Waals surface area (Å²) in [6.45, 7) is 1.76. The number of nitrogens with zero attached hydrogens (tertiary/aromatic N) is 2. The fraction of sp³-hybridized carbons (Fsp3) is 0.120. The van der Waals surface area contributed by atoms with Gasteiger partial charge in [0.15, 0.2) is 0 Å². The lowest BCUT2D eigenvalue weighted by Gasteiger charge is -2.11. The van der Waals surface area contributed by atoms with Gasteiger partial charge >= 0.3 is 0 Å². The highest BCUT2D eigenvalue weighted by molar-refractivity contribution is 9.10. The number of hydrogen-bond donors (Lipinski definition) is 2. The smallest absolute Gasteiger partial charge is 0.258 e. The molecule has 3 aromatic carbocycles. The van der Waals surface area contributed by atoms with Crippen LogP contribution in [0.4, 0.5) is 11.5 Å². The number of amides is 2. The van der Waals surface area contributed by atoms with Gasteiger partial charge in [-0.15, -0.1) is 0 Å². The lowest BCUT2D eigenvalue weighted by molar-refractivity contribution is -0.115. The Bertz CT molecular complexity index is 1390. The maximum atomic E-state index is 12.9. The summed E-state index contributed by atoms with van der Waals surface area (Å²) in [5, 5.41) is 6.64. The van der Waals surface area contributed by atoms with Crippen LogP contribution < -0.4 is 15.4 Å². The van der Waals surface area contributed by atoms with E-state index < -0.39 is 5.91 Å². The van der Waals surface area contributed by atoms with E-state index in [0.717, 1.165) is 11.1 Å². The summed E-state index contributed by atoms with van der Waals surface area (Å²) in [6, 6.07) is 18.0. The van der Waals surface area contributed by atoms with Gasteiger partial charge in [0.25, 0.3) is 5.91 Å². The molecule has 9 heteroatoms. The quantitative estimate of drug-likeness (QED) is 0.296. The Kier molecular flexibility index (Phi) is 7.09. The molecule has 0 spiro atoms. The highest BCUT2D eigenvalue weighted by Crippen LogP contribution is 2.29. The van der Waals surface area contributed by atoms with E-state index >= 15 is 0 Å². The number of nitrogens with one attached hydrogen (secondary N) is 2. The van der Waals surface area contributed by atoms with Gasteiger partial charge in [-0.3, -0.25) is 9.59 Å². The van der Waals surface area contributed by atoms with Crippen LogP contribution in [0, 0.1) is 0 Å². The van der Waals surface area contributed by atoms with Gasteiger partial charge in [0.1, 0.15) is 17.9 Å². The molecule has 0 bridgehead atoms. The Balaban J connectivity index is 1.66. The standard InChI is InChI=1S/C25H20BrClN4O3/c1-14(26)24(32)30-17-5-3-4-15(10-17)16-6-9-22-20(11-16)23(29-13-28-22)31-25(33)19-8-7-18(34-2)12-21(19)27/h3-14H,1-2H3,(H,30,32)(H,28,29,31,33). The number of aromatic nitrogens is 2. The summed E-state index contributed by atoms with van der Waals surface area (Å²) in [6.07, 6.45) is 1.39. The molecule has 0 saturated carbocycles. The Morgan fingerprint density at radius 1 is 1.00 bits per heavy atom. The number of carbonyl (C=O) groups excluding carboxylic acids is 2. The van der Waals surface area contributed by atoms with Crippen molar-refractivity contribution in [2.45, 2.75) is 11.8 Å². The first kappa shape index (κ1) is 23.7. The van der Waals surface area contributed by atoms with Crippen molar-refractivity contribution in [1.29, 1.82) is 0 Å². The average molecular weight is 540 g/mol. The average Bonchev–Trinajstić information content (AvgIpc) is 2.83. The van der Waals surface area contributed by atoms with E-state index in [4.69, 9.17) is 16.3 Å².